The summed E-state index contributed by atoms with van der Waals surface area (Å²) >= 11 is 0. The van der Waals surface area contributed by atoms with Crippen LogP contribution < -0.4 is 10.6 Å². The standard InChI is InChI=1S/C27H27FN2O5/c1-34-26(32)24(17-21-13-8-14-22(28)15-21)29-25(31)23(16-19-9-4-2-5-10-19)30-27(33)35-18-20-11-6-3-7-12-20/h2-15,23-24H,16-18H2,1H3,(H,29,31)(H,30,33)/t23-,24+/m1/s1. The first kappa shape index (κ1) is 25.4. The van der Waals surface area contributed by atoms with Crippen molar-refractivity contribution in [3.05, 3.63) is 107 Å². The maximum Gasteiger partial charge on any atom is 0.408 e. The molecule has 7 nitrogen and oxygen atoms in total. The fourth-order valence-electron chi connectivity index (χ4n) is 3.47. The van der Waals surface area contributed by atoms with Gasteiger partial charge in [-0.2, -0.15) is 0 Å². The van der Waals surface area contributed by atoms with E-state index in [1.54, 1.807) is 6.07 Å². The Morgan fingerprint density at radius 3 is 2.00 bits per heavy atom. The number of alkyl carbamates (subject to hydrolysis) is 1. The Labute approximate surface area is 203 Å². The zero-order valence-corrected chi connectivity index (χ0v) is 19.3. The van der Waals surface area contributed by atoms with Gasteiger partial charge in [-0.3, -0.25) is 4.79 Å². The van der Waals surface area contributed by atoms with Crippen molar-refractivity contribution in [3.8, 4) is 0 Å². The summed E-state index contributed by atoms with van der Waals surface area (Å²) < 4.78 is 23.7. The highest BCUT2D eigenvalue weighted by atomic mass is 19.1. The second-order valence-electron chi connectivity index (χ2n) is 7.87. The Morgan fingerprint density at radius 2 is 1.37 bits per heavy atom. The molecule has 0 saturated carbocycles. The summed E-state index contributed by atoms with van der Waals surface area (Å²) in [5.41, 5.74) is 2.11. The van der Waals surface area contributed by atoms with Gasteiger partial charge in [-0.1, -0.05) is 72.8 Å². The molecule has 0 aliphatic rings. The lowest BCUT2D eigenvalue weighted by molar-refractivity contribution is -0.145. The molecule has 0 aromatic heterocycles. The van der Waals surface area contributed by atoms with Crippen LogP contribution in [-0.4, -0.2) is 37.2 Å². The maximum atomic E-state index is 13.6. The van der Waals surface area contributed by atoms with Gasteiger partial charge in [0.05, 0.1) is 7.11 Å². The minimum atomic E-state index is -1.07. The van der Waals surface area contributed by atoms with Crippen LogP contribution in [0.15, 0.2) is 84.9 Å². The van der Waals surface area contributed by atoms with Crippen molar-refractivity contribution < 1.29 is 28.2 Å². The topological polar surface area (TPSA) is 93.7 Å². The average Bonchev–Trinajstić information content (AvgIpc) is 2.87. The van der Waals surface area contributed by atoms with E-state index in [1.165, 1.54) is 25.3 Å². The van der Waals surface area contributed by atoms with E-state index >= 15 is 0 Å². The number of esters is 1. The summed E-state index contributed by atoms with van der Waals surface area (Å²) in [6.07, 6.45) is -0.585. The Hall–Kier alpha value is -4.20. The predicted molar refractivity (Wildman–Crippen MR) is 128 cm³/mol. The number of hydrogen-bond donors (Lipinski definition) is 2. The zero-order chi connectivity index (χ0) is 25.0. The number of nitrogens with one attached hydrogen (secondary N) is 2. The SMILES string of the molecule is COC(=O)[C@H](Cc1cccc(F)c1)NC(=O)[C@@H](Cc1ccccc1)NC(=O)OCc1ccccc1. The highest BCUT2D eigenvalue weighted by molar-refractivity contribution is 5.90. The molecule has 3 aromatic rings. The minimum Gasteiger partial charge on any atom is -0.467 e. The van der Waals surface area contributed by atoms with Crippen molar-refractivity contribution in [2.75, 3.05) is 7.11 Å². The van der Waals surface area contributed by atoms with Gasteiger partial charge in [-0.15, -0.1) is 0 Å². The lowest BCUT2D eigenvalue weighted by Crippen LogP contribution is -2.53. The molecular formula is C27H27FN2O5. The third-order valence-electron chi connectivity index (χ3n) is 5.24. The third-order valence-corrected chi connectivity index (χ3v) is 5.24. The first-order valence-corrected chi connectivity index (χ1v) is 11.1. The predicted octanol–water partition coefficient (Wildman–Crippen LogP) is 3.56. The summed E-state index contributed by atoms with van der Waals surface area (Å²) in [6.45, 7) is 0.0384. The monoisotopic (exact) mass is 478 g/mol. The van der Waals surface area contributed by atoms with Gasteiger partial charge in [-0.05, 0) is 28.8 Å². The van der Waals surface area contributed by atoms with Crippen LogP contribution in [0.25, 0.3) is 0 Å². The maximum absolute atomic E-state index is 13.6. The van der Waals surface area contributed by atoms with Crippen LogP contribution in [0.4, 0.5) is 9.18 Å². The molecule has 0 aliphatic heterocycles. The van der Waals surface area contributed by atoms with E-state index in [0.717, 1.165) is 11.1 Å². The number of halogens is 1. The Morgan fingerprint density at radius 1 is 0.771 bits per heavy atom. The summed E-state index contributed by atoms with van der Waals surface area (Å²) in [5, 5.41) is 5.21. The van der Waals surface area contributed by atoms with Gasteiger partial charge >= 0.3 is 12.1 Å². The van der Waals surface area contributed by atoms with Gasteiger partial charge < -0.3 is 20.1 Å². The fraction of sp³-hybridized carbons (Fsp3) is 0.222. The summed E-state index contributed by atoms with van der Waals surface area (Å²) in [4.78, 5) is 38.0. The molecule has 3 aromatic carbocycles. The van der Waals surface area contributed by atoms with Crippen LogP contribution in [0.5, 0.6) is 0 Å². The van der Waals surface area contributed by atoms with Crippen LogP contribution in [-0.2, 0) is 38.5 Å². The molecule has 35 heavy (non-hydrogen) atoms. The molecule has 0 aliphatic carbocycles. The molecular weight excluding hydrogens is 451 g/mol. The van der Waals surface area contributed by atoms with Crippen LogP contribution in [0, 0.1) is 5.82 Å². The minimum absolute atomic E-state index is 0.0205. The molecule has 0 radical (unpaired) electrons. The molecule has 0 spiro atoms. The van der Waals surface area contributed by atoms with Crippen LogP contribution in [0.3, 0.4) is 0 Å². The van der Waals surface area contributed by atoms with Crippen molar-refractivity contribution in [3.63, 3.8) is 0 Å². The number of methoxy groups -OCH3 is 1. The van der Waals surface area contributed by atoms with E-state index in [1.807, 2.05) is 60.7 Å². The van der Waals surface area contributed by atoms with E-state index in [4.69, 9.17) is 9.47 Å². The number of carbonyl (C=O) groups is 3. The van der Waals surface area contributed by atoms with E-state index < -0.39 is 35.9 Å². The molecule has 8 heteroatoms. The van der Waals surface area contributed by atoms with Crippen LogP contribution >= 0.6 is 0 Å². The lowest BCUT2D eigenvalue weighted by atomic mass is 10.0. The molecule has 0 saturated heterocycles. The summed E-state index contributed by atoms with van der Waals surface area (Å²) in [7, 11) is 1.20. The number of rotatable bonds is 10. The molecule has 0 bridgehead atoms. The fourth-order valence-corrected chi connectivity index (χ4v) is 3.47. The van der Waals surface area contributed by atoms with Gasteiger partial charge in [0.15, 0.2) is 0 Å². The Kier molecular flexibility index (Phi) is 9.36. The first-order chi connectivity index (χ1) is 16.9. The van der Waals surface area contributed by atoms with E-state index in [9.17, 15) is 18.8 Å². The number of ether oxygens (including phenoxy) is 2. The van der Waals surface area contributed by atoms with E-state index in [0.29, 0.717) is 5.56 Å². The van der Waals surface area contributed by atoms with E-state index in [-0.39, 0.29) is 19.4 Å². The normalized spacial score (nSPS) is 12.2. The van der Waals surface area contributed by atoms with Crippen molar-refractivity contribution in [2.24, 2.45) is 0 Å². The zero-order valence-electron chi connectivity index (χ0n) is 19.3. The summed E-state index contributed by atoms with van der Waals surface area (Å²) in [5.74, 6) is -1.74. The van der Waals surface area contributed by atoms with Crippen molar-refractivity contribution in [1.29, 1.82) is 0 Å². The van der Waals surface area contributed by atoms with Crippen LogP contribution in [0.2, 0.25) is 0 Å². The number of amides is 2. The second-order valence-corrected chi connectivity index (χ2v) is 7.87. The Bertz CT molecular complexity index is 1120. The first-order valence-electron chi connectivity index (χ1n) is 11.1. The van der Waals surface area contributed by atoms with Crippen LogP contribution in [0.1, 0.15) is 16.7 Å². The van der Waals surface area contributed by atoms with Crippen molar-refractivity contribution >= 4 is 18.0 Å². The summed E-state index contributed by atoms with van der Waals surface area (Å²) in [6, 6.07) is 21.9. The third kappa shape index (κ3) is 8.26. The van der Waals surface area contributed by atoms with Crippen molar-refractivity contribution in [2.45, 2.75) is 31.5 Å². The number of carbonyl (C=O) groups excluding carboxylic acids is 3. The van der Waals surface area contributed by atoms with E-state index in [2.05, 4.69) is 10.6 Å². The molecule has 0 heterocycles. The molecule has 2 atom stereocenters. The molecule has 2 N–H and O–H groups in total. The second kappa shape index (κ2) is 12.9. The molecule has 2 amide bonds. The molecule has 0 unspecified atom stereocenters. The van der Waals surface area contributed by atoms with Gasteiger partial charge in [0.2, 0.25) is 5.91 Å². The molecule has 3 rings (SSSR count). The molecule has 0 fully saturated rings. The largest absolute Gasteiger partial charge is 0.467 e. The van der Waals surface area contributed by atoms with Gasteiger partial charge in [0.1, 0.15) is 24.5 Å². The highest BCUT2D eigenvalue weighted by Gasteiger charge is 2.28. The van der Waals surface area contributed by atoms with Crippen molar-refractivity contribution in [1.82, 2.24) is 10.6 Å². The van der Waals surface area contributed by atoms with Gasteiger partial charge in [0, 0.05) is 12.8 Å². The Balaban J connectivity index is 1.71. The highest BCUT2D eigenvalue weighted by Crippen LogP contribution is 2.10. The quantitative estimate of drug-likeness (QED) is 0.435. The number of hydrogen-bond acceptors (Lipinski definition) is 5. The average molecular weight is 479 g/mol. The molecule has 182 valence electrons. The van der Waals surface area contributed by atoms with Gasteiger partial charge in [0.25, 0.3) is 0 Å². The smallest absolute Gasteiger partial charge is 0.408 e. The number of benzene rings is 3. The lowest BCUT2D eigenvalue weighted by Gasteiger charge is -2.22. The van der Waals surface area contributed by atoms with Gasteiger partial charge in [-0.25, -0.2) is 14.0 Å².